The first-order chi connectivity index (χ1) is 12.5. The van der Waals surface area contributed by atoms with Gasteiger partial charge in [0, 0.05) is 6.04 Å². The van der Waals surface area contributed by atoms with Crippen LogP contribution in [0, 0.1) is 0 Å². The topological polar surface area (TPSA) is 84.5 Å². The third kappa shape index (κ3) is 6.05. The SMILES string of the molecule is CC(C)NC(=O)CNC(=O)COC(=O)c1ccc(-c2ccccc2)cc1. The van der Waals surface area contributed by atoms with Crippen LogP contribution in [0.2, 0.25) is 0 Å². The van der Waals surface area contributed by atoms with Gasteiger partial charge in [0.15, 0.2) is 6.61 Å². The van der Waals surface area contributed by atoms with Crippen molar-refractivity contribution in [1.82, 2.24) is 10.6 Å². The number of benzene rings is 2. The van der Waals surface area contributed by atoms with Crippen molar-refractivity contribution in [2.75, 3.05) is 13.2 Å². The maximum absolute atomic E-state index is 12.0. The van der Waals surface area contributed by atoms with Gasteiger partial charge in [-0.25, -0.2) is 4.79 Å². The van der Waals surface area contributed by atoms with E-state index in [4.69, 9.17) is 4.74 Å². The van der Waals surface area contributed by atoms with Gasteiger partial charge in [0.1, 0.15) is 0 Å². The summed E-state index contributed by atoms with van der Waals surface area (Å²) in [7, 11) is 0. The molecule has 0 aliphatic rings. The van der Waals surface area contributed by atoms with Crippen LogP contribution in [0.1, 0.15) is 24.2 Å². The van der Waals surface area contributed by atoms with E-state index in [-0.39, 0.29) is 18.5 Å². The second-order valence-electron chi connectivity index (χ2n) is 6.02. The smallest absolute Gasteiger partial charge is 0.338 e. The number of ether oxygens (including phenoxy) is 1. The number of carbonyl (C=O) groups is 3. The van der Waals surface area contributed by atoms with Gasteiger partial charge in [0.2, 0.25) is 5.91 Å². The maximum atomic E-state index is 12.0. The van der Waals surface area contributed by atoms with E-state index in [1.165, 1.54) is 0 Å². The predicted molar refractivity (Wildman–Crippen MR) is 98.4 cm³/mol. The van der Waals surface area contributed by atoms with Gasteiger partial charge >= 0.3 is 5.97 Å². The zero-order valence-electron chi connectivity index (χ0n) is 14.8. The Morgan fingerprint density at radius 2 is 1.50 bits per heavy atom. The monoisotopic (exact) mass is 354 g/mol. The normalized spacial score (nSPS) is 10.3. The van der Waals surface area contributed by atoms with E-state index in [0.29, 0.717) is 5.56 Å². The standard InChI is InChI=1S/C20H22N2O4/c1-14(2)22-18(23)12-21-19(24)13-26-20(25)17-10-8-16(9-11-17)15-6-4-3-5-7-15/h3-11,14H,12-13H2,1-2H3,(H,21,24)(H,22,23). The minimum atomic E-state index is -0.591. The van der Waals surface area contributed by atoms with E-state index in [1.54, 1.807) is 12.1 Å². The van der Waals surface area contributed by atoms with Crippen molar-refractivity contribution in [3.8, 4) is 11.1 Å². The summed E-state index contributed by atoms with van der Waals surface area (Å²) < 4.78 is 4.97. The van der Waals surface area contributed by atoms with Gasteiger partial charge in [-0.1, -0.05) is 42.5 Å². The highest BCUT2D eigenvalue weighted by atomic mass is 16.5. The largest absolute Gasteiger partial charge is 0.452 e. The van der Waals surface area contributed by atoms with Crippen molar-refractivity contribution in [1.29, 1.82) is 0 Å². The van der Waals surface area contributed by atoms with Crippen LogP contribution in [0.5, 0.6) is 0 Å². The molecule has 0 bridgehead atoms. The molecule has 0 aliphatic heterocycles. The molecule has 26 heavy (non-hydrogen) atoms. The maximum Gasteiger partial charge on any atom is 0.338 e. The molecule has 0 aromatic heterocycles. The summed E-state index contributed by atoms with van der Waals surface area (Å²) in [6.07, 6.45) is 0. The lowest BCUT2D eigenvalue weighted by atomic mass is 10.0. The van der Waals surface area contributed by atoms with Gasteiger partial charge in [-0.2, -0.15) is 0 Å². The van der Waals surface area contributed by atoms with Crippen molar-refractivity contribution in [3.63, 3.8) is 0 Å². The highest BCUT2D eigenvalue weighted by Gasteiger charge is 2.11. The molecular formula is C20H22N2O4. The van der Waals surface area contributed by atoms with E-state index in [9.17, 15) is 14.4 Å². The Morgan fingerprint density at radius 3 is 2.12 bits per heavy atom. The summed E-state index contributed by atoms with van der Waals surface area (Å²) >= 11 is 0. The molecule has 2 amide bonds. The number of rotatable bonds is 7. The van der Waals surface area contributed by atoms with E-state index in [2.05, 4.69) is 10.6 Å². The van der Waals surface area contributed by atoms with Crippen LogP contribution < -0.4 is 10.6 Å². The van der Waals surface area contributed by atoms with E-state index in [0.717, 1.165) is 11.1 Å². The van der Waals surface area contributed by atoms with Crippen molar-refractivity contribution in [2.45, 2.75) is 19.9 Å². The Morgan fingerprint density at radius 1 is 0.885 bits per heavy atom. The van der Waals surface area contributed by atoms with E-state index >= 15 is 0 Å². The van der Waals surface area contributed by atoms with E-state index in [1.807, 2.05) is 56.3 Å². The van der Waals surface area contributed by atoms with Crippen molar-refractivity contribution >= 4 is 17.8 Å². The van der Waals surface area contributed by atoms with Crippen molar-refractivity contribution in [2.24, 2.45) is 0 Å². The molecule has 0 spiro atoms. The van der Waals surface area contributed by atoms with Crippen LogP contribution >= 0.6 is 0 Å². The summed E-state index contributed by atoms with van der Waals surface area (Å²) in [6, 6.07) is 16.7. The van der Waals surface area contributed by atoms with Gasteiger partial charge in [0.05, 0.1) is 12.1 Å². The van der Waals surface area contributed by atoms with Crippen LogP contribution in [0.3, 0.4) is 0 Å². The van der Waals surface area contributed by atoms with Crippen LogP contribution in [-0.2, 0) is 14.3 Å². The highest BCUT2D eigenvalue weighted by molar-refractivity contribution is 5.92. The Bertz CT molecular complexity index is 755. The van der Waals surface area contributed by atoms with Gasteiger partial charge in [-0.3, -0.25) is 9.59 Å². The molecule has 6 nitrogen and oxygen atoms in total. The first-order valence-electron chi connectivity index (χ1n) is 8.34. The van der Waals surface area contributed by atoms with Crippen LogP contribution in [-0.4, -0.2) is 37.0 Å². The third-order valence-corrected chi connectivity index (χ3v) is 3.46. The number of carbonyl (C=O) groups excluding carboxylic acids is 3. The fourth-order valence-corrected chi connectivity index (χ4v) is 2.25. The Balaban J connectivity index is 1.80. The Hall–Kier alpha value is -3.15. The first kappa shape index (κ1) is 19.2. The molecule has 0 aliphatic carbocycles. The molecule has 6 heteroatoms. The lowest BCUT2D eigenvalue weighted by Crippen LogP contribution is -2.41. The van der Waals surface area contributed by atoms with Crippen molar-refractivity contribution < 1.29 is 19.1 Å². The fraction of sp³-hybridized carbons (Fsp3) is 0.250. The summed E-state index contributed by atoms with van der Waals surface area (Å²) in [5, 5.41) is 5.04. The molecule has 0 saturated carbocycles. The molecule has 0 heterocycles. The number of nitrogens with one attached hydrogen (secondary N) is 2. The Labute approximate surface area is 152 Å². The summed E-state index contributed by atoms with van der Waals surface area (Å²) in [5.74, 6) is -1.42. The van der Waals surface area contributed by atoms with Gasteiger partial charge in [-0.15, -0.1) is 0 Å². The van der Waals surface area contributed by atoms with Gasteiger partial charge in [0.25, 0.3) is 5.91 Å². The quantitative estimate of drug-likeness (QED) is 0.746. The van der Waals surface area contributed by atoms with Crippen LogP contribution in [0.4, 0.5) is 0 Å². The Kier molecular flexibility index (Phi) is 6.91. The minimum absolute atomic E-state index is 0.00362. The molecule has 2 aromatic rings. The second-order valence-corrected chi connectivity index (χ2v) is 6.02. The second kappa shape index (κ2) is 9.36. The van der Waals surface area contributed by atoms with Crippen LogP contribution in [0.15, 0.2) is 54.6 Å². The summed E-state index contributed by atoms with van der Waals surface area (Å²) in [6.45, 7) is 3.06. The molecule has 2 N–H and O–H groups in total. The molecule has 0 atom stereocenters. The van der Waals surface area contributed by atoms with E-state index < -0.39 is 18.5 Å². The molecule has 0 radical (unpaired) electrons. The molecule has 0 unspecified atom stereocenters. The summed E-state index contributed by atoms with van der Waals surface area (Å²) in [5.41, 5.74) is 2.39. The first-order valence-corrected chi connectivity index (χ1v) is 8.34. The average molecular weight is 354 g/mol. The highest BCUT2D eigenvalue weighted by Crippen LogP contribution is 2.19. The van der Waals surface area contributed by atoms with Gasteiger partial charge in [-0.05, 0) is 37.1 Å². The zero-order chi connectivity index (χ0) is 18.9. The molecule has 136 valence electrons. The molecule has 2 rings (SSSR count). The molecular weight excluding hydrogens is 332 g/mol. The fourth-order valence-electron chi connectivity index (χ4n) is 2.25. The number of hydrogen-bond acceptors (Lipinski definition) is 4. The third-order valence-electron chi connectivity index (χ3n) is 3.46. The molecule has 0 saturated heterocycles. The average Bonchev–Trinajstić information content (AvgIpc) is 2.64. The molecule has 0 fully saturated rings. The van der Waals surface area contributed by atoms with Gasteiger partial charge < -0.3 is 15.4 Å². The number of esters is 1. The summed E-state index contributed by atoms with van der Waals surface area (Å²) in [4.78, 5) is 35.1. The lowest BCUT2D eigenvalue weighted by Gasteiger charge is -2.09. The number of amides is 2. The predicted octanol–water partition coefficient (Wildman–Crippen LogP) is 2.15. The lowest BCUT2D eigenvalue weighted by molar-refractivity contribution is -0.128. The molecule has 2 aromatic carbocycles. The zero-order valence-corrected chi connectivity index (χ0v) is 14.8. The minimum Gasteiger partial charge on any atom is -0.452 e. The number of hydrogen-bond donors (Lipinski definition) is 2. The van der Waals surface area contributed by atoms with Crippen molar-refractivity contribution in [3.05, 3.63) is 60.2 Å². The van der Waals surface area contributed by atoms with Crippen LogP contribution in [0.25, 0.3) is 11.1 Å².